The quantitative estimate of drug-likeness (QED) is 0.881. The molecule has 0 aromatic heterocycles. The Balaban J connectivity index is 2.19. The van der Waals surface area contributed by atoms with Crippen LogP contribution in [-0.2, 0) is 4.74 Å². The maximum atomic E-state index is 10.9. The van der Waals surface area contributed by atoms with E-state index in [4.69, 9.17) is 14.6 Å². The average Bonchev–Trinajstić information content (AvgIpc) is 2.82. The fourth-order valence-corrected chi connectivity index (χ4v) is 2.29. The second-order valence-corrected chi connectivity index (χ2v) is 4.42. The summed E-state index contributed by atoms with van der Waals surface area (Å²) in [5.74, 6) is 1.16. The van der Waals surface area contributed by atoms with E-state index in [0.717, 1.165) is 11.3 Å². The molecule has 1 amide bonds. The van der Waals surface area contributed by atoms with Crippen LogP contribution in [0.2, 0.25) is 0 Å². The van der Waals surface area contributed by atoms with Crippen molar-refractivity contribution in [3.8, 4) is 5.75 Å². The second kappa shape index (κ2) is 6.27. The molecule has 1 aliphatic heterocycles. The van der Waals surface area contributed by atoms with Gasteiger partial charge >= 0.3 is 6.09 Å². The number of nitrogens with one attached hydrogen (secondary N) is 1. The molecule has 20 heavy (non-hydrogen) atoms. The number of carboxylic acid groups (broad SMARTS) is 1. The summed E-state index contributed by atoms with van der Waals surface area (Å²) in [5, 5.41) is 11.4. The lowest BCUT2D eigenvalue weighted by molar-refractivity contribution is 0.189. The van der Waals surface area contributed by atoms with Crippen molar-refractivity contribution in [2.24, 2.45) is 4.99 Å². The van der Waals surface area contributed by atoms with Gasteiger partial charge in [-0.3, -0.25) is 4.99 Å². The van der Waals surface area contributed by atoms with E-state index in [1.807, 2.05) is 31.2 Å². The van der Waals surface area contributed by atoms with Gasteiger partial charge in [0.25, 0.3) is 0 Å². The summed E-state index contributed by atoms with van der Waals surface area (Å²) in [6, 6.07) is 7.10. The maximum absolute atomic E-state index is 10.9. The molecule has 1 heterocycles. The summed E-state index contributed by atoms with van der Waals surface area (Å²) in [6.07, 6.45) is -1.08. The predicted octanol–water partition coefficient (Wildman–Crippen LogP) is 1.86. The van der Waals surface area contributed by atoms with Crippen LogP contribution in [0.4, 0.5) is 4.79 Å². The zero-order valence-corrected chi connectivity index (χ0v) is 11.5. The Hall–Kier alpha value is -2.24. The van der Waals surface area contributed by atoms with E-state index >= 15 is 0 Å². The molecule has 6 nitrogen and oxygen atoms in total. The van der Waals surface area contributed by atoms with Gasteiger partial charge in [0.15, 0.2) is 0 Å². The SMILES string of the molecule is CCOC1=NC[C@@H](c2ccc(OC)cc2)[C@@H]1NC(=O)O. The summed E-state index contributed by atoms with van der Waals surface area (Å²) in [4.78, 5) is 15.2. The molecule has 0 saturated carbocycles. The summed E-state index contributed by atoms with van der Waals surface area (Å²) in [6.45, 7) is 2.82. The molecule has 0 bridgehead atoms. The lowest BCUT2D eigenvalue weighted by Gasteiger charge is -2.21. The van der Waals surface area contributed by atoms with Crippen molar-refractivity contribution in [1.82, 2.24) is 5.32 Å². The minimum absolute atomic E-state index is 0.0569. The molecule has 0 saturated heterocycles. The standard InChI is InChI=1S/C14H18N2O4/c1-3-20-13-12(16-14(17)18)11(8-15-13)9-4-6-10(19-2)7-5-9/h4-7,11-12,16H,3,8H2,1-2H3,(H,17,18)/t11-,12-/m0/s1. The van der Waals surface area contributed by atoms with Crippen molar-refractivity contribution in [2.45, 2.75) is 18.9 Å². The Morgan fingerprint density at radius 2 is 2.15 bits per heavy atom. The lowest BCUT2D eigenvalue weighted by Crippen LogP contribution is -2.42. The molecule has 108 valence electrons. The van der Waals surface area contributed by atoms with E-state index in [9.17, 15) is 4.79 Å². The third-order valence-corrected chi connectivity index (χ3v) is 3.23. The summed E-state index contributed by atoms with van der Waals surface area (Å²) in [7, 11) is 1.61. The van der Waals surface area contributed by atoms with Crippen molar-refractivity contribution < 1.29 is 19.4 Å². The van der Waals surface area contributed by atoms with Crippen LogP contribution in [0.15, 0.2) is 29.3 Å². The Morgan fingerprint density at radius 3 is 2.70 bits per heavy atom. The van der Waals surface area contributed by atoms with Crippen LogP contribution in [0.25, 0.3) is 0 Å². The van der Waals surface area contributed by atoms with Gasteiger partial charge < -0.3 is 19.9 Å². The highest BCUT2D eigenvalue weighted by Gasteiger charge is 2.35. The highest BCUT2D eigenvalue weighted by atomic mass is 16.5. The van der Waals surface area contributed by atoms with E-state index in [2.05, 4.69) is 10.3 Å². The van der Waals surface area contributed by atoms with Crippen LogP contribution in [0.1, 0.15) is 18.4 Å². The first-order valence-corrected chi connectivity index (χ1v) is 6.46. The van der Waals surface area contributed by atoms with Crippen LogP contribution in [-0.4, -0.2) is 43.4 Å². The highest BCUT2D eigenvalue weighted by molar-refractivity contribution is 5.88. The minimum Gasteiger partial charge on any atom is -0.497 e. The van der Waals surface area contributed by atoms with Gasteiger partial charge in [0.05, 0.1) is 20.3 Å². The lowest BCUT2D eigenvalue weighted by atomic mass is 9.93. The van der Waals surface area contributed by atoms with E-state index in [1.54, 1.807) is 7.11 Å². The molecular weight excluding hydrogens is 260 g/mol. The van der Waals surface area contributed by atoms with Crippen LogP contribution < -0.4 is 10.1 Å². The van der Waals surface area contributed by atoms with E-state index in [-0.39, 0.29) is 5.92 Å². The summed E-state index contributed by atoms with van der Waals surface area (Å²) in [5.41, 5.74) is 1.00. The first kappa shape index (κ1) is 14.2. The molecule has 1 aliphatic rings. The van der Waals surface area contributed by atoms with Crippen molar-refractivity contribution in [1.29, 1.82) is 0 Å². The smallest absolute Gasteiger partial charge is 0.405 e. The number of carbonyl (C=O) groups is 1. The van der Waals surface area contributed by atoms with Crippen LogP contribution in [0, 0.1) is 0 Å². The number of hydrogen-bond acceptors (Lipinski definition) is 4. The van der Waals surface area contributed by atoms with E-state index in [1.165, 1.54) is 0 Å². The van der Waals surface area contributed by atoms with Crippen LogP contribution >= 0.6 is 0 Å². The zero-order valence-electron chi connectivity index (χ0n) is 11.5. The number of benzene rings is 1. The molecule has 2 N–H and O–H groups in total. The normalized spacial score (nSPS) is 21.2. The molecule has 2 rings (SSSR count). The van der Waals surface area contributed by atoms with Crippen molar-refractivity contribution in [2.75, 3.05) is 20.3 Å². The molecule has 1 aromatic carbocycles. The third-order valence-electron chi connectivity index (χ3n) is 3.23. The van der Waals surface area contributed by atoms with Gasteiger partial charge in [-0.25, -0.2) is 4.79 Å². The molecule has 2 atom stereocenters. The summed E-state index contributed by atoms with van der Waals surface area (Å²) < 4.78 is 10.5. The van der Waals surface area contributed by atoms with Crippen molar-refractivity contribution >= 4 is 12.0 Å². The molecule has 6 heteroatoms. The Morgan fingerprint density at radius 1 is 1.45 bits per heavy atom. The molecular formula is C14H18N2O4. The molecule has 0 unspecified atom stereocenters. The Kier molecular flexibility index (Phi) is 4.45. The number of nitrogens with zero attached hydrogens (tertiary/aromatic N) is 1. The monoisotopic (exact) mass is 278 g/mol. The van der Waals surface area contributed by atoms with Gasteiger partial charge in [0.2, 0.25) is 5.90 Å². The fraction of sp³-hybridized carbons (Fsp3) is 0.429. The second-order valence-electron chi connectivity index (χ2n) is 4.42. The molecule has 0 radical (unpaired) electrons. The topological polar surface area (TPSA) is 80.2 Å². The van der Waals surface area contributed by atoms with Gasteiger partial charge in [0, 0.05) is 5.92 Å². The predicted molar refractivity (Wildman–Crippen MR) is 74.6 cm³/mol. The first-order valence-electron chi connectivity index (χ1n) is 6.46. The molecule has 0 fully saturated rings. The Bertz CT molecular complexity index is 498. The van der Waals surface area contributed by atoms with Crippen LogP contribution in [0.3, 0.4) is 0 Å². The fourth-order valence-electron chi connectivity index (χ4n) is 2.29. The number of hydrogen-bond donors (Lipinski definition) is 2. The van der Waals surface area contributed by atoms with Gasteiger partial charge in [-0.1, -0.05) is 12.1 Å². The Labute approximate surface area is 117 Å². The maximum Gasteiger partial charge on any atom is 0.405 e. The average molecular weight is 278 g/mol. The third kappa shape index (κ3) is 3.01. The van der Waals surface area contributed by atoms with Gasteiger partial charge in [-0.2, -0.15) is 0 Å². The van der Waals surface area contributed by atoms with Crippen molar-refractivity contribution in [3.63, 3.8) is 0 Å². The number of aliphatic imine (C=N–C) groups is 1. The number of amides is 1. The largest absolute Gasteiger partial charge is 0.497 e. The van der Waals surface area contributed by atoms with E-state index < -0.39 is 12.1 Å². The highest BCUT2D eigenvalue weighted by Crippen LogP contribution is 2.28. The van der Waals surface area contributed by atoms with E-state index in [0.29, 0.717) is 19.0 Å². The van der Waals surface area contributed by atoms with Crippen LogP contribution in [0.5, 0.6) is 5.75 Å². The molecule has 0 spiro atoms. The summed E-state index contributed by atoms with van der Waals surface area (Å²) >= 11 is 0. The zero-order chi connectivity index (χ0) is 14.5. The van der Waals surface area contributed by atoms with Crippen molar-refractivity contribution in [3.05, 3.63) is 29.8 Å². The first-order chi connectivity index (χ1) is 9.65. The minimum atomic E-state index is -1.08. The van der Waals surface area contributed by atoms with Gasteiger partial charge in [0.1, 0.15) is 11.8 Å². The van der Waals surface area contributed by atoms with Gasteiger partial charge in [-0.05, 0) is 24.6 Å². The molecule has 0 aliphatic carbocycles. The molecule has 1 aromatic rings. The number of ether oxygens (including phenoxy) is 2. The number of methoxy groups -OCH3 is 1. The van der Waals surface area contributed by atoms with Gasteiger partial charge in [-0.15, -0.1) is 0 Å². The number of rotatable bonds is 4.